The summed E-state index contributed by atoms with van der Waals surface area (Å²) in [5, 5.41) is 12.9. The van der Waals surface area contributed by atoms with E-state index in [4.69, 9.17) is 0 Å². The van der Waals surface area contributed by atoms with Crippen molar-refractivity contribution in [3.05, 3.63) is 29.8 Å². The molecule has 1 aromatic carbocycles. The van der Waals surface area contributed by atoms with Crippen LogP contribution in [0.4, 0.5) is 5.69 Å². The highest BCUT2D eigenvalue weighted by Crippen LogP contribution is 2.26. The SMILES string of the molecule is CCCCN(CCO)c1ccccc1C(C)NCCC. The first-order valence-electron chi connectivity index (χ1n) is 7.92. The summed E-state index contributed by atoms with van der Waals surface area (Å²) in [6.45, 7) is 9.55. The van der Waals surface area contributed by atoms with Gasteiger partial charge in [-0.3, -0.25) is 0 Å². The van der Waals surface area contributed by atoms with Crippen molar-refractivity contribution in [2.75, 3.05) is 31.1 Å². The van der Waals surface area contributed by atoms with Gasteiger partial charge in [-0.1, -0.05) is 38.5 Å². The van der Waals surface area contributed by atoms with Gasteiger partial charge in [-0.25, -0.2) is 0 Å². The molecule has 2 N–H and O–H groups in total. The van der Waals surface area contributed by atoms with Gasteiger partial charge in [0.25, 0.3) is 0 Å². The van der Waals surface area contributed by atoms with Gasteiger partial charge in [-0.05, 0) is 37.9 Å². The monoisotopic (exact) mass is 278 g/mol. The summed E-state index contributed by atoms with van der Waals surface area (Å²) >= 11 is 0. The zero-order valence-corrected chi connectivity index (χ0v) is 13.2. The van der Waals surface area contributed by atoms with Gasteiger partial charge in [0.2, 0.25) is 0 Å². The number of nitrogens with zero attached hydrogens (tertiary/aromatic N) is 1. The van der Waals surface area contributed by atoms with Gasteiger partial charge in [0.05, 0.1) is 6.61 Å². The molecule has 0 aromatic heterocycles. The Labute approximate surface area is 124 Å². The number of aliphatic hydroxyl groups excluding tert-OH is 1. The first kappa shape index (κ1) is 17.0. The van der Waals surface area contributed by atoms with E-state index >= 15 is 0 Å². The number of aliphatic hydroxyl groups is 1. The molecule has 0 radical (unpaired) electrons. The Bertz CT molecular complexity index is 368. The van der Waals surface area contributed by atoms with Crippen LogP contribution in [0, 0.1) is 0 Å². The third-order valence-electron chi connectivity index (χ3n) is 3.60. The minimum Gasteiger partial charge on any atom is -0.395 e. The van der Waals surface area contributed by atoms with E-state index in [2.05, 4.69) is 55.3 Å². The van der Waals surface area contributed by atoms with Crippen molar-refractivity contribution in [2.24, 2.45) is 0 Å². The number of hydrogen-bond donors (Lipinski definition) is 2. The zero-order valence-electron chi connectivity index (χ0n) is 13.2. The second-order valence-corrected chi connectivity index (χ2v) is 5.30. The second kappa shape index (κ2) is 9.78. The van der Waals surface area contributed by atoms with Gasteiger partial charge >= 0.3 is 0 Å². The Morgan fingerprint density at radius 1 is 1.15 bits per heavy atom. The Morgan fingerprint density at radius 2 is 1.90 bits per heavy atom. The van der Waals surface area contributed by atoms with Gasteiger partial charge in [0.1, 0.15) is 0 Å². The number of nitrogens with one attached hydrogen (secondary N) is 1. The minimum atomic E-state index is 0.203. The van der Waals surface area contributed by atoms with Crippen molar-refractivity contribution in [3.8, 4) is 0 Å². The number of benzene rings is 1. The molecule has 3 heteroatoms. The van der Waals surface area contributed by atoms with Crippen molar-refractivity contribution >= 4 is 5.69 Å². The van der Waals surface area contributed by atoms with Crippen LogP contribution in [0.3, 0.4) is 0 Å². The van der Waals surface area contributed by atoms with E-state index in [9.17, 15) is 5.11 Å². The van der Waals surface area contributed by atoms with Crippen LogP contribution >= 0.6 is 0 Å². The largest absolute Gasteiger partial charge is 0.395 e. The fourth-order valence-electron chi connectivity index (χ4n) is 2.43. The highest BCUT2D eigenvalue weighted by Gasteiger charge is 2.14. The molecule has 0 saturated carbocycles. The smallest absolute Gasteiger partial charge is 0.0606 e. The summed E-state index contributed by atoms with van der Waals surface area (Å²) in [6, 6.07) is 8.89. The van der Waals surface area contributed by atoms with Gasteiger partial charge in [-0.15, -0.1) is 0 Å². The highest BCUT2D eigenvalue weighted by molar-refractivity contribution is 5.55. The molecule has 1 atom stereocenters. The summed E-state index contributed by atoms with van der Waals surface area (Å²) in [5.41, 5.74) is 2.58. The van der Waals surface area contributed by atoms with Crippen molar-refractivity contribution in [2.45, 2.75) is 46.1 Å². The van der Waals surface area contributed by atoms with Crippen LogP contribution in [-0.2, 0) is 0 Å². The van der Waals surface area contributed by atoms with Crippen molar-refractivity contribution < 1.29 is 5.11 Å². The molecule has 3 nitrogen and oxygen atoms in total. The lowest BCUT2D eigenvalue weighted by atomic mass is 10.0. The van der Waals surface area contributed by atoms with Gasteiger partial charge in [-0.2, -0.15) is 0 Å². The maximum atomic E-state index is 9.31. The molecule has 0 aliphatic carbocycles. The van der Waals surface area contributed by atoms with Crippen LogP contribution in [0.1, 0.15) is 51.6 Å². The third kappa shape index (κ3) is 5.14. The van der Waals surface area contributed by atoms with E-state index in [1.54, 1.807) is 0 Å². The molecule has 20 heavy (non-hydrogen) atoms. The molecule has 0 fully saturated rings. The molecular formula is C17H30N2O. The standard InChI is InChI=1S/C17H30N2O/c1-4-6-12-19(13-14-20)17-10-8-7-9-16(17)15(3)18-11-5-2/h7-10,15,18,20H,4-6,11-14H2,1-3H3. The molecule has 1 aromatic rings. The maximum Gasteiger partial charge on any atom is 0.0606 e. The Kier molecular flexibility index (Phi) is 8.31. The Balaban J connectivity index is 2.89. The molecule has 1 unspecified atom stereocenters. The molecule has 0 aliphatic heterocycles. The quantitative estimate of drug-likeness (QED) is 0.689. The third-order valence-corrected chi connectivity index (χ3v) is 3.60. The number of para-hydroxylation sites is 1. The van der Waals surface area contributed by atoms with Crippen LogP contribution in [-0.4, -0.2) is 31.3 Å². The van der Waals surface area contributed by atoms with Crippen LogP contribution < -0.4 is 10.2 Å². The lowest BCUT2D eigenvalue weighted by Crippen LogP contribution is -2.30. The fraction of sp³-hybridized carbons (Fsp3) is 0.647. The molecule has 0 bridgehead atoms. The first-order valence-corrected chi connectivity index (χ1v) is 7.92. The van der Waals surface area contributed by atoms with Crippen LogP contribution in [0.15, 0.2) is 24.3 Å². The van der Waals surface area contributed by atoms with Crippen LogP contribution in [0.5, 0.6) is 0 Å². The molecule has 0 heterocycles. The van der Waals surface area contributed by atoms with Crippen molar-refractivity contribution in [1.29, 1.82) is 0 Å². The molecule has 0 aliphatic rings. The lowest BCUT2D eigenvalue weighted by molar-refractivity contribution is 0.301. The number of anilines is 1. The Morgan fingerprint density at radius 3 is 2.55 bits per heavy atom. The summed E-state index contributed by atoms with van der Waals surface area (Å²) < 4.78 is 0. The highest BCUT2D eigenvalue weighted by atomic mass is 16.3. The first-order chi connectivity index (χ1) is 9.74. The molecular weight excluding hydrogens is 248 g/mol. The van der Waals surface area contributed by atoms with E-state index in [1.807, 2.05) is 0 Å². The number of rotatable bonds is 10. The van der Waals surface area contributed by atoms with Gasteiger partial charge in [0.15, 0.2) is 0 Å². The molecule has 114 valence electrons. The van der Waals surface area contributed by atoms with E-state index in [-0.39, 0.29) is 6.61 Å². The van der Waals surface area contributed by atoms with Gasteiger partial charge in [0, 0.05) is 24.8 Å². The van der Waals surface area contributed by atoms with Crippen molar-refractivity contribution in [1.82, 2.24) is 5.32 Å². The predicted molar refractivity (Wildman–Crippen MR) is 87.4 cm³/mol. The fourth-order valence-corrected chi connectivity index (χ4v) is 2.43. The average molecular weight is 278 g/mol. The van der Waals surface area contributed by atoms with E-state index in [0.29, 0.717) is 12.6 Å². The summed E-state index contributed by atoms with van der Waals surface area (Å²) in [5.74, 6) is 0. The van der Waals surface area contributed by atoms with Crippen LogP contribution in [0.2, 0.25) is 0 Å². The molecule has 0 amide bonds. The molecule has 0 saturated heterocycles. The maximum absolute atomic E-state index is 9.31. The van der Waals surface area contributed by atoms with E-state index in [1.165, 1.54) is 17.7 Å². The van der Waals surface area contributed by atoms with Gasteiger partial charge < -0.3 is 15.3 Å². The van der Waals surface area contributed by atoms with Crippen molar-refractivity contribution in [3.63, 3.8) is 0 Å². The lowest BCUT2D eigenvalue weighted by Gasteiger charge is -2.28. The summed E-state index contributed by atoms with van der Waals surface area (Å²) in [4.78, 5) is 2.31. The summed E-state index contributed by atoms with van der Waals surface area (Å²) in [7, 11) is 0. The average Bonchev–Trinajstić information content (AvgIpc) is 2.49. The molecule has 1 rings (SSSR count). The van der Waals surface area contributed by atoms with Crippen LogP contribution in [0.25, 0.3) is 0 Å². The molecule has 0 spiro atoms. The predicted octanol–water partition coefficient (Wildman–Crippen LogP) is 3.35. The normalized spacial score (nSPS) is 12.4. The van der Waals surface area contributed by atoms with E-state index in [0.717, 1.165) is 25.9 Å². The van der Waals surface area contributed by atoms with E-state index < -0.39 is 0 Å². The second-order valence-electron chi connectivity index (χ2n) is 5.30. The number of unbranched alkanes of at least 4 members (excludes halogenated alkanes) is 1. The zero-order chi connectivity index (χ0) is 14.8. The summed E-state index contributed by atoms with van der Waals surface area (Å²) in [6.07, 6.45) is 3.47. The topological polar surface area (TPSA) is 35.5 Å². The Hall–Kier alpha value is -1.06. The number of hydrogen-bond acceptors (Lipinski definition) is 3. The minimum absolute atomic E-state index is 0.203.